The second-order valence-electron chi connectivity index (χ2n) is 7.50. The lowest BCUT2D eigenvalue weighted by molar-refractivity contribution is 0.0749. The molecule has 1 aromatic carbocycles. The molecule has 0 saturated carbocycles. The van der Waals surface area contributed by atoms with Gasteiger partial charge in [-0.2, -0.15) is 0 Å². The summed E-state index contributed by atoms with van der Waals surface area (Å²) >= 11 is 6.40. The summed E-state index contributed by atoms with van der Waals surface area (Å²) < 4.78 is 0. The van der Waals surface area contributed by atoms with Gasteiger partial charge in [0.25, 0.3) is 0 Å². The minimum Gasteiger partial charge on any atom is -0.326 e. The zero-order valence-electron chi connectivity index (χ0n) is 13.8. The van der Waals surface area contributed by atoms with Gasteiger partial charge in [0.2, 0.25) is 0 Å². The second-order valence-corrected chi connectivity index (χ2v) is 7.91. The quantitative estimate of drug-likeness (QED) is 0.891. The molecule has 2 unspecified atom stereocenters. The summed E-state index contributed by atoms with van der Waals surface area (Å²) in [5.74, 6) is 0.800. The predicted molar refractivity (Wildman–Crippen MR) is 91.6 cm³/mol. The molecular formula is C18H29ClN2. The molecule has 2 atom stereocenters. The zero-order valence-corrected chi connectivity index (χ0v) is 14.5. The van der Waals surface area contributed by atoms with E-state index in [2.05, 4.69) is 44.7 Å². The Morgan fingerprint density at radius 2 is 1.76 bits per heavy atom. The van der Waals surface area contributed by atoms with Crippen LogP contribution in [0.4, 0.5) is 0 Å². The first kappa shape index (κ1) is 16.8. The van der Waals surface area contributed by atoms with Crippen LogP contribution < -0.4 is 5.73 Å². The minimum absolute atomic E-state index is 0.0797. The molecule has 118 valence electrons. The van der Waals surface area contributed by atoms with Crippen LogP contribution in [-0.2, 0) is 0 Å². The molecule has 0 bridgehead atoms. The Morgan fingerprint density at radius 1 is 1.19 bits per heavy atom. The third kappa shape index (κ3) is 4.00. The summed E-state index contributed by atoms with van der Waals surface area (Å²) in [6.45, 7) is 11.4. The average Bonchev–Trinajstić information content (AvgIpc) is 2.40. The molecule has 0 amide bonds. The maximum atomic E-state index is 6.40. The first-order valence-electron chi connectivity index (χ1n) is 8.04. The molecule has 1 heterocycles. The summed E-state index contributed by atoms with van der Waals surface area (Å²) in [5, 5.41) is 0.831. The van der Waals surface area contributed by atoms with Crippen molar-refractivity contribution in [1.29, 1.82) is 0 Å². The van der Waals surface area contributed by atoms with Gasteiger partial charge in [-0.15, -0.1) is 0 Å². The van der Waals surface area contributed by atoms with Crippen LogP contribution in [0.25, 0.3) is 0 Å². The van der Waals surface area contributed by atoms with E-state index in [9.17, 15) is 0 Å². The fourth-order valence-corrected chi connectivity index (χ4v) is 3.82. The number of halogens is 1. The van der Waals surface area contributed by atoms with Crippen molar-refractivity contribution < 1.29 is 0 Å². The van der Waals surface area contributed by atoms with E-state index in [4.69, 9.17) is 17.3 Å². The molecule has 0 aromatic heterocycles. The van der Waals surface area contributed by atoms with E-state index in [0.717, 1.165) is 24.0 Å². The third-order valence-corrected chi connectivity index (χ3v) is 5.21. The molecule has 1 aliphatic heterocycles. The Kier molecular flexibility index (Phi) is 5.34. The molecule has 0 aliphatic carbocycles. The van der Waals surface area contributed by atoms with Crippen molar-refractivity contribution in [3.8, 4) is 0 Å². The largest absolute Gasteiger partial charge is 0.326 e. The predicted octanol–water partition coefficient (Wildman–Crippen LogP) is 4.49. The van der Waals surface area contributed by atoms with Crippen LogP contribution >= 0.6 is 11.6 Å². The highest BCUT2D eigenvalue weighted by atomic mass is 35.5. The van der Waals surface area contributed by atoms with E-state index in [0.29, 0.717) is 5.41 Å². The second kappa shape index (κ2) is 6.68. The molecule has 1 aromatic rings. The van der Waals surface area contributed by atoms with Gasteiger partial charge in [-0.05, 0) is 55.8 Å². The Labute approximate surface area is 134 Å². The summed E-state index contributed by atoms with van der Waals surface area (Å²) in [6, 6.07) is 8.42. The molecule has 2 N–H and O–H groups in total. The lowest BCUT2D eigenvalue weighted by atomic mass is 9.75. The van der Waals surface area contributed by atoms with Gasteiger partial charge in [-0.25, -0.2) is 0 Å². The smallest absolute Gasteiger partial charge is 0.0511 e. The molecular weight excluding hydrogens is 280 g/mol. The van der Waals surface area contributed by atoms with Crippen LogP contribution in [0.3, 0.4) is 0 Å². The molecule has 3 heteroatoms. The number of hydrogen-bond acceptors (Lipinski definition) is 2. The molecule has 0 radical (unpaired) electrons. The van der Waals surface area contributed by atoms with Crippen molar-refractivity contribution in [2.45, 2.75) is 52.6 Å². The topological polar surface area (TPSA) is 29.3 Å². The van der Waals surface area contributed by atoms with Gasteiger partial charge in [0.1, 0.15) is 0 Å². The number of nitrogens with two attached hydrogens (primary N) is 1. The van der Waals surface area contributed by atoms with Gasteiger partial charge in [0.05, 0.1) is 6.04 Å². The molecule has 1 aliphatic rings. The number of benzene rings is 1. The first-order chi connectivity index (χ1) is 9.80. The van der Waals surface area contributed by atoms with Crippen LogP contribution in [-0.4, -0.2) is 24.0 Å². The van der Waals surface area contributed by atoms with E-state index in [1.54, 1.807) is 0 Å². The Bertz CT molecular complexity index is 457. The number of nitrogens with zero attached hydrogens (tertiary/aromatic N) is 1. The normalized spacial score (nSPS) is 21.2. The lowest BCUT2D eigenvalue weighted by Gasteiger charge is -2.43. The SMILES string of the molecule is CC(N)C(c1ccccc1Cl)N1CCC(C(C)(C)C)CC1. The molecule has 0 spiro atoms. The van der Waals surface area contributed by atoms with Gasteiger partial charge < -0.3 is 5.73 Å². The standard InChI is InChI=1S/C18H29ClN2/c1-13(20)17(15-7-5-6-8-16(15)19)21-11-9-14(10-12-21)18(2,3)4/h5-8,13-14,17H,9-12,20H2,1-4H3. The maximum Gasteiger partial charge on any atom is 0.0511 e. The van der Waals surface area contributed by atoms with Gasteiger partial charge in [0.15, 0.2) is 0 Å². The summed E-state index contributed by atoms with van der Waals surface area (Å²) in [6.07, 6.45) is 2.49. The highest BCUT2D eigenvalue weighted by Crippen LogP contribution is 2.38. The fraction of sp³-hybridized carbons (Fsp3) is 0.667. The minimum atomic E-state index is 0.0797. The zero-order chi connectivity index (χ0) is 15.6. The number of hydrogen-bond donors (Lipinski definition) is 1. The Balaban J connectivity index is 2.13. The van der Waals surface area contributed by atoms with Crippen molar-refractivity contribution in [3.63, 3.8) is 0 Å². The van der Waals surface area contributed by atoms with Crippen LogP contribution in [0.1, 0.15) is 52.1 Å². The number of likely N-dealkylation sites (tertiary alicyclic amines) is 1. The van der Waals surface area contributed by atoms with Gasteiger partial charge in [-0.3, -0.25) is 4.90 Å². The van der Waals surface area contributed by atoms with Crippen LogP contribution in [0.5, 0.6) is 0 Å². The van der Waals surface area contributed by atoms with E-state index in [-0.39, 0.29) is 12.1 Å². The van der Waals surface area contributed by atoms with Gasteiger partial charge in [0, 0.05) is 11.1 Å². The lowest BCUT2D eigenvalue weighted by Crippen LogP contribution is -2.45. The summed E-state index contributed by atoms with van der Waals surface area (Å²) in [4.78, 5) is 2.52. The molecule has 2 rings (SSSR count). The van der Waals surface area contributed by atoms with E-state index >= 15 is 0 Å². The fourth-order valence-electron chi connectivity index (χ4n) is 3.57. The third-order valence-electron chi connectivity index (χ3n) is 4.87. The van der Waals surface area contributed by atoms with Crippen LogP contribution in [0.2, 0.25) is 5.02 Å². The monoisotopic (exact) mass is 308 g/mol. The highest BCUT2D eigenvalue weighted by molar-refractivity contribution is 6.31. The van der Waals surface area contributed by atoms with Crippen molar-refractivity contribution >= 4 is 11.6 Å². The van der Waals surface area contributed by atoms with Crippen LogP contribution in [0.15, 0.2) is 24.3 Å². The van der Waals surface area contributed by atoms with Gasteiger partial charge >= 0.3 is 0 Å². The van der Waals surface area contributed by atoms with E-state index < -0.39 is 0 Å². The van der Waals surface area contributed by atoms with E-state index in [1.807, 2.05) is 12.1 Å². The van der Waals surface area contributed by atoms with Crippen molar-refractivity contribution in [3.05, 3.63) is 34.9 Å². The first-order valence-corrected chi connectivity index (χ1v) is 8.42. The maximum absolute atomic E-state index is 6.40. The Morgan fingerprint density at radius 3 is 2.24 bits per heavy atom. The van der Waals surface area contributed by atoms with Crippen molar-refractivity contribution in [2.75, 3.05) is 13.1 Å². The number of rotatable bonds is 3. The van der Waals surface area contributed by atoms with Gasteiger partial charge in [-0.1, -0.05) is 50.6 Å². The van der Waals surface area contributed by atoms with Crippen LogP contribution in [0, 0.1) is 11.3 Å². The summed E-state index contributed by atoms with van der Waals surface area (Å²) in [5.41, 5.74) is 7.86. The summed E-state index contributed by atoms with van der Waals surface area (Å²) in [7, 11) is 0. The average molecular weight is 309 g/mol. The van der Waals surface area contributed by atoms with E-state index in [1.165, 1.54) is 18.4 Å². The molecule has 1 fully saturated rings. The highest BCUT2D eigenvalue weighted by Gasteiger charge is 2.33. The Hall–Kier alpha value is -0.570. The van der Waals surface area contributed by atoms with Crippen molar-refractivity contribution in [1.82, 2.24) is 4.90 Å². The molecule has 21 heavy (non-hydrogen) atoms. The molecule has 1 saturated heterocycles. The number of piperidine rings is 1. The van der Waals surface area contributed by atoms with Crippen molar-refractivity contribution in [2.24, 2.45) is 17.1 Å². The molecule has 2 nitrogen and oxygen atoms in total.